The quantitative estimate of drug-likeness (QED) is 0.261. The Kier molecular flexibility index (Phi) is 13.5. The largest absolute Gasteiger partial charge is 0.490 e. The zero-order valence-corrected chi connectivity index (χ0v) is 28.4. The number of likely N-dealkylation sites (N-methyl/N-ethyl adjacent to an activating group) is 1. The number of aromatic carboxylic acids is 1. The molecule has 1 heterocycles. The maximum Gasteiger partial charge on any atom is 0.335 e. The number of ether oxygens (including phenoxy) is 2. The predicted octanol–water partition coefficient (Wildman–Crippen LogP) is 5.49. The molecule has 4 atom stereocenters. The maximum absolute atomic E-state index is 14.4. The van der Waals surface area contributed by atoms with E-state index in [2.05, 4.69) is 17.1 Å². The van der Waals surface area contributed by atoms with Crippen LogP contribution in [0.5, 0.6) is 5.75 Å². The lowest BCUT2D eigenvalue weighted by molar-refractivity contribution is -0.115. The molecule has 0 bridgehead atoms. The van der Waals surface area contributed by atoms with Crippen molar-refractivity contribution in [2.75, 3.05) is 38.7 Å². The zero-order valence-electron chi connectivity index (χ0n) is 28.4. The number of nitrogens with one attached hydrogen (secondary N) is 1. The molecule has 0 spiro atoms. The van der Waals surface area contributed by atoms with E-state index in [9.17, 15) is 24.6 Å². The van der Waals surface area contributed by atoms with Crippen LogP contribution in [0.2, 0.25) is 0 Å². The van der Waals surface area contributed by atoms with Crippen LogP contribution < -0.4 is 10.1 Å². The van der Waals surface area contributed by atoms with Gasteiger partial charge in [0.1, 0.15) is 5.75 Å². The number of aliphatic hydroxyl groups excluding tert-OH is 1. The van der Waals surface area contributed by atoms with Gasteiger partial charge in [0.25, 0.3) is 5.91 Å². The smallest absolute Gasteiger partial charge is 0.335 e. The number of carboxylic acid groups (broad SMARTS) is 1. The number of anilines is 1. The van der Waals surface area contributed by atoms with Crippen LogP contribution >= 0.6 is 0 Å². The van der Waals surface area contributed by atoms with E-state index in [0.717, 1.165) is 30.4 Å². The molecule has 2 amide bonds. The third-order valence-electron chi connectivity index (χ3n) is 8.69. The zero-order chi connectivity index (χ0) is 34.6. The van der Waals surface area contributed by atoms with Crippen LogP contribution in [0.4, 0.5) is 5.69 Å². The Morgan fingerprint density at radius 1 is 1.02 bits per heavy atom. The molecule has 3 N–H and O–H groups in total. The van der Waals surface area contributed by atoms with E-state index < -0.39 is 12.0 Å². The van der Waals surface area contributed by atoms with Crippen LogP contribution in [-0.4, -0.2) is 89.4 Å². The second kappa shape index (κ2) is 17.8. The topological polar surface area (TPSA) is 129 Å². The van der Waals surface area contributed by atoms with Gasteiger partial charge in [-0.15, -0.1) is 0 Å². The summed E-state index contributed by atoms with van der Waals surface area (Å²) in [7, 11) is 1.99. The van der Waals surface area contributed by atoms with Gasteiger partial charge in [-0.2, -0.15) is 0 Å². The molecule has 258 valence electrons. The average Bonchev–Trinajstić information content (AvgIpc) is 3.06. The van der Waals surface area contributed by atoms with Crippen molar-refractivity contribution in [1.29, 1.82) is 0 Å². The van der Waals surface area contributed by atoms with Crippen LogP contribution in [0.25, 0.3) is 0 Å². The summed E-state index contributed by atoms with van der Waals surface area (Å²) < 4.78 is 12.8. The van der Waals surface area contributed by atoms with Crippen molar-refractivity contribution < 1.29 is 34.1 Å². The first-order chi connectivity index (χ1) is 23.0. The van der Waals surface area contributed by atoms with E-state index in [0.29, 0.717) is 43.2 Å². The molecule has 48 heavy (non-hydrogen) atoms. The first kappa shape index (κ1) is 36.6. The minimum Gasteiger partial charge on any atom is -0.490 e. The molecule has 1 aliphatic heterocycles. The molecule has 3 aromatic carbocycles. The SMILES string of the molecule is C[C@H]1CCCCO[C@H](CN(C)Cc2ccc(C(=O)O)cc2)[C@@H](C)CN([C@@H](C)CO)C(=O)c2cc(NC(=O)Cc3ccccc3)ccc2O1. The third kappa shape index (κ3) is 10.6. The molecule has 0 aliphatic carbocycles. The minimum absolute atomic E-state index is 0.0974. The number of carboxylic acids is 1. The fraction of sp³-hybridized carbons (Fsp3) is 0.447. The van der Waals surface area contributed by atoms with Crippen molar-refractivity contribution in [2.24, 2.45) is 5.92 Å². The van der Waals surface area contributed by atoms with Gasteiger partial charge in [-0.05, 0) is 81.6 Å². The van der Waals surface area contributed by atoms with E-state index in [1.807, 2.05) is 63.4 Å². The van der Waals surface area contributed by atoms with Crippen LogP contribution in [0.3, 0.4) is 0 Å². The van der Waals surface area contributed by atoms with Crippen LogP contribution in [0.15, 0.2) is 72.8 Å². The highest BCUT2D eigenvalue weighted by atomic mass is 16.5. The minimum atomic E-state index is -0.958. The van der Waals surface area contributed by atoms with Crippen molar-refractivity contribution in [3.8, 4) is 5.75 Å². The molecule has 0 aromatic heterocycles. The van der Waals surface area contributed by atoms with Gasteiger partial charge in [-0.1, -0.05) is 49.4 Å². The Labute approximate surface area is 283 Å². The molecular weight excluding hydrogens is 610 g/mol. The van der Waals surface area contributed by atoms with E-state index >= 15 is 0 Å². The lowest BCUT2D eigenvalue weighted by Crippen LogP contribution is -2.47. The number of hydrogen-bond donors (Lipinski definition) is 3. The number of aliphatic hydroxyl groups is 1. The summed E-state index contributed by atoms with van der Waals surface area (Å²) in [5, 5.41) is 22.4. The summed E-state index contributed by atoms with van der Waals surface area (Å²) in [4.78, 5) is 42.3. The molecule has 4 rings (SSSR count). The fourth-order valence-electron chi connectivity index (χ4n) is 5.89. The van der Waals surface area contributed by atoms with Gasteiger partial charge in [0.2, 0.25) is 5.91 Å². The lowest BCUT2D eigenvalue weighted by Gasteiger charge is -2.36. The Morgan fingerprint density at radius 3 is 2.44 bits per heavy atom. The van der Waals surface area contributed by atoms with E-state index in [-0.39, 0.29) is 48.5 Å². The molecule has 0 unspecified atom stereocenters. The number of amides is 2. The molecule has 1 aliphatic rings. The van der Waals surface area contributed by atoms with Crippen LogP contribution in [0, 0.1) is 5.92 Å². The average molecular weight is 660 g/mol. The molecule has 0 saturated carbocycles. The second-order valence-electron chi connectivity index (χ2n) is 12.9. The van der Waals surface area contributed by atoms with Gasteiger partial charge in [0.15, 0.2) is 0 Å². The highest BCUT2D eigenvalue weighted by Crippen LogP contribution is 2.29. The van der Waals surface area contributed by atoms with Crippen molar-refractivity contribution in [2.45, 2.75) is 71.2 Å². The van der Waals surface area contributed by atoms with Gasteiger partial charge in [-0.25, -0.2) is 4.79 Å². The van der Waals surface area contributed by atoms with Crippen molar-refractivity contribution in [1.82, 2.24) is 9.80 Å². The van der Waals surface area contributed by atoms with Gasteiger partial charge in [0, 0.05) is 37.8 Å². The van der Waals surface area contributed by atoms with Crippen LogP contribution in [0.1, 0.15) is 71.9 Å². The number of fused-ring (bicyclic) bond motifs is 1. The lowest BCUT2D eigenvalue weighted by atomic mass is 10.0. The van der Waals surface area contributed by atoms with Crippen molar-refractivity contribution in [3.63, 3.8) is 0 Å². The molecule has 3 aromatic rings. The summed E-state index contributed by atoms with van der Waals surface area (Å²) in [6.45, 7) is 7.69. The molecule has 0 fully saturated rings. The van der Waals surface area contributed by atoms with Crippen molar-refractivity contribution in [3.05, 3.63) is 95.1 Å². The summed E-state index contributed by atoms with van der Waals surface area (Å²) >= 11 is 0. The second-order valence-corrected chi connectivity index (χ2v) is 12.9. The highest BCUT2D eigenvalue weighted by molar-refractivity contribution is 6.00. The Morgan fingerprint density at radius 2 is 1.75 bits per heavy atom. The highest BCUT2D eigenvalue weighted by Gasteiger charge is 2.30. The van der Waals surface area contributed by atoms with E-state index in [1.54, 1.807) is 35.2 Å². The Hall–Kier alpha value is -4.25. The van der Waals surface area contributed by atoms with E-state index in [1.165, 1.54) is 0 Å². The maximum atomic E-state index is 14.4. The summed E-state index contributed by atoms with van der Waals surface area (Å²) in [6.07, 6.45) is 2.35. The van der Waals surface area contributed by atoms with Gasteiger partial charge < -0.3 is 29.9 Å². The molecule has 0 radical (unpaired) electrons. The number of nitrogens with zero attached hydrogens (tertiary/aromatic N) is 2. The molecule has 10 nitrogen and oxygen atoms in total. The molecular formula is C38H49N3O7. The number of benzene rings is 3. The number of carbonyl (C=O) groups excluding carboxylic acids is 2. The first-order valence-electron chi connectivity index (χ1n) is 16.7. The number of hydrogen-bond acceptors (Lipinski definition) is 7. The number of carbonyl (C=O) groups is 3. The van der Waals surface area contributed by atoms with E-state index in [4.69, 9.17) is 9.47 Å². The van der Waals surface area contributed by atoms with Gasteiger partial charge in [0.05, 0.1) is 42.4 Å². The fourth-order valence-corrected chi connectivity index (χ4v) is 5.89. The molecule has 0 saturated heterocycles. The normalized spacial score (nSPS) is 19.9. The van der Waals surface area contributed by atoms with Crippen LogP contribution in [-0.2, 0) is 22.5 Å². The summed E-state index contributed by atoms with van der Waals surface area (Å²) in [5.41, 5.74) is 2.93. The Bertz CT molecular complexity index is 1500. The van der Waals surface area contributed by atoms with Gasteiger partial charge in [-0.3, -0.25) is 14.5 Å². The predicted molar refractivity (Wildman–Crippen MR) is 185 cm³/mol. The standard InChI is InChI=1S/C38H49N3O7/c1-26-22-41(27(2)25-42)37(44)33-21-32(39-36(43)20-29-11-6-5-7-12-29)17-18-34(33)48-28(3)10-8-9-19-47-35(26)24-40(4)23-30-13-15-31(16-14-30)38(45)46/h5-7,11-18,21,26-28,35,42H,8-10,19-20,22-25H2,1-4H3,(H,39,43)(H,45,46)/t26-,27-,28-,35+/m0/s1. The summed E-state index contributed by atoms with van der Waals surface area (Å²) in [6, 6.07) is 21.0. The van der Waals surface area contributed by atoms with Crippen molar-refractivity contribution >= 4 is 23.5 Å². The first-order valence-corrected chi connectivity index (χ1v) is 16.7. The van der Waals surface area contributed by atoms with Gasteiger partial charge >= 0.3 is 5.97 Å². The summed E-state index contributed by atoms with van der Waals surface area (Å²) in [5.74, 6) is -1.11. The third-order valence-corrected chi connectivity index (χ3v) is 8.69. The molecule has 10 heteroatoms. The Balaban J connectivity index is 1.57. The monoisotopic (exact) mass is 659 g/mol. The number of rotatable bonds is 10.